The Morgan fingerprint density at radius 1 is 1.36 bits per heavy atom. The summed E-state index contributed by atoms with van der Waals surface area (Å²) < 4.78 is 5.77. The largest absolute Gasteiger partial charge is 0.487 e. The zero-order valence-electron chi connectivity index (χ0n) is 15.4. The molecule has 0 atom stereocenters. The second-order valence-corrected chi connectivity index (χ2v) is 8.82. The maximum absolute atomic E-state index is 12.7. The number of aromatic nitrogens is 1. The first-order chi connectivity index (χ1) is 13.6. The van der Waals surface area contributed by atoms with Gasteiger partial charge in [0.1, 0.15) is 23.4 Å². The van der Waals surface area contributed by atoms with Gasteiger partial charge in [-0.05, 0) is 56.4 Å². The first-order valence-corrected chi connectivity index (χ1v) is 10.8. The molecule has 0 fully saturated rings. The molecule has 0 aliphatic heterocycles. The number of carbonyl (C=O) groups is 1. The smallest absolute Gasteiger partial charge is 0.256 e. The number of benzene rings is 1. The first kappa shape index (κ1) is 18.7. The molecule has 2 aromatic heterocycles. The lowest BCUT2D eigenvalue weighted by molar-refractivity contribution is 0.102. The zero-order valence-corrected chi connectivity index (χ0v) is 17.1. The van der Waals surface area contributed by atoms with Crippen molar-refractivity contribution in [2.45, 2.75) is 39.2 Å². The van der Waals surface area contributed by atoms with Crippen molar-refractivity contribution in [3.05, 3.63) is 61.9 Å². The summed E-state index contributed by atoms with van der Waals surface area (Å²) in [7, 11) is 0. The topological polar surface area (TPSA) is 75.0 Å². The minimum absolute atomic E-state index is 0.231. The Morgan fingerprint density at radius 3 is 3.00 bits per heavy atom. The molecule has 0 saturated carbocycles. The van der Waals surface area contributed by atoms with Gasteiger partial charge in [-0.2, -0.15) is 5.26 Å². The highest BCUT2D eigenvalue weighted by molar-refractivity contribution is 7.16. The van der Waals surface area contributed by atoms with Crippen LogP contribution in [0.1, 0.15) is 49.9 Å². The van der Waals surface area contributed by atoms with Crippen LogP contribution in [0, 0.1) is 18.3 Å². The Labute approximate surface area is 171 Å². The number of hydrogen-bond acceptors (Lipinski definition) is 6. The van der Waals surface area contributed by atoms with E-state index in [1.54, 1.807) is 29.5 Å². The molecule has 1 aliphatic carbocycles. The van der Waals surface area contributed by atoms with Crippen molar-refractivity contribution in [2.75, 3.05) is 5.32 Å². The van der Waals surface area contributed by atoms with Crippen molar-refractivity contribution in [3.8, 4) is 11.8 Å². The summed E-state index contributed by atoms with van der Waals surface area (Å²) in [5, 5.41) is 16.1. The van der Waals surface area contributed by atoms with Crippen molar-refractivity contribution in [1.82, 2.24) is 4.98 Å². The van der Waals surface area contributed by atoms with Gasteiger partial charge in [0.05, 0.1) is 16.3 Å². The van der Waals surface area contributed by atoms with E-state index >= 15 is 0 Å². The van der Waals surface area contributed by atoms with E-state index in [1.807, 2.05) is 18.4 Å². The summed E-state index contributed by atoms with van der Waals surface area (Å²) in [6.07, 6.45) is 4.15. The number of amides is 1. The fourth-order valence-electron chi connectivity index (χ4n) is 3.31. The van der Waals surface area contributed by atoms with Crippen molar-refractivity contribution in [2.24, 2.45) is 0 Å². The number of nitrogens with one attached hydrogen (secondary N) is 1. The van der Waals surface area contributed by atoms with Crippen molar-refractivity contribution < 1.29 is 9.53 Å². The first-order valence-electron chi connectivity index (χ1n) is 9.14. The van der Waals surface area contributed by atoms with Gasteiger partial charge in [0, 0.05) is 15.8 Å². The fraction of sp³-hybridized carbons (Fsp3) is 0.286. The van der Waals surface area contributed by atoms with Gasteiger partial charge >= 0.3 is 0 Å². The van der Waals surface area contributed by atoms with E-state index in [4.69, 9.17) is 4.74 Å². The highest BCUT2D eigenvalue weighted by atomic mass is 32.1. The van der Waals surface area contributed by atoms with Crippen LogP contribution in [0.15, 0.2) is 29.6 Å². The third kappa shape index (κ3) is 3.93. The molecule has 142 valence electrons. The molecule has 7 heteroatoms. The lowest BCUT2D eigenvalue weighted by Gasteiger charge is -2.09. The van der Waals surface area contributed by atoms with Gasteiger partial charge in [-0.15, -0.1) is 22.7 Å². The predicted molar refractivity (Wildman–Crippen MR) is 111 cm³/mol. The highest BCUT2D eigenvalue weighted by Crippen LogP contribution is 2.37. The van der Waals surface area contributed by atoms with Gasteiger partial charge in [0.15, 0.2) is 0 Å². The summed E-state index contributed by atoms with van der Waals surface area (Å²) in [6, 6.07) is 9.35. The van der Waals surface area contributed by atoms with Gasteiger partial charge < -0.3 is 10.1 Å². The van der Waals surface area contributed by atoms with Crippen LogP contribution in [0.25, 0.3) is 0 Å². The van der Waals surface area contributed by atoms with Gasteiger partial charge in [0.25, 0.3) is 5.91 Å². The molecule has 0 radical (unpaired) electrons. The number of thiophene rings is 1. The average Bonchev–Trinajstić information content (AvgIpc) is 3.29. The maximum Gasteiger partial charge on any atom is 0.256 e. The number of rotatable bonds is 5. The van der Waals surface area contributed by atoms with E-state index in [2.05, 4.69) is 16.4 Å². The number of carbonyl (C=O) groups excluding carboxylic acids is 1. The second-order valence-electron chi connectivity index (χ2n) is 6.66. The quantitative estimate of drug-likeness (QED) is 0.636. The Kier molecular flexibility index (Phi) is 5.42. The number of nitrogens with zero attached hydrogens (tertiary/aromatic N) is 2. The number of fused-ring (bicyclic) bond motifs is 1. The van der Waals surface area contributed by atoms with Gasteiger partial charge in [0.2, 0.25) is 0 Å². The van der Waals surface area contributed by atoms with E-state index in [-0.39, 0.29) is 5.91 Å². The monoisotopic (exact) mass is 409 g/mol. The molecule has 1 N–H and O–H groups in total. The minimum Gasteiger partial charge on any atom is -0.487 e. The minimum atomic E-state index is -0.231. The van der Waals surface area contributed by atoms with E-state index in [1.165, 1.54) is 16.2 Å². The van der Waals surface area contributed by atoms with Crippen LogP contribution in [-0.2, 0) is 19.4 Å². The number of nitriles is 1. The average molecular weight is 410 g/mol. The molecular formula is C21H19N3O2S2. The third-order valence-electron chi connectivity index (χ3n) is 4.66. The number of ether oxygens (including phenoxy) is 1. The SMILES string of the molecule is Cc1nc(COc2cccc(C(=O)Nc3sc4c(c3C#N)CCCC4)c2)cs1. The van der Waals surface area contributed by atoms with Gasteiger partial charge in [-0.3, -0.25) is 4.79 Å². The Morgan fingerprint density at radius 2 is 2.21 bits per heavy atom. The molecule has 1 amide bonds. The van der Waals surface area contributed by atoms with Crippen LogP contribution in [0.3, 0.4) is 0 Å². The van der Waals surface area contributed by atoms with Crippen LogP contribution in [0.4, 0.5) is 5.00 Å². The third-order valence-corrected chi connectivity index (χ3v) is 6.69. The Hall–Kier alpha value is -2.69. The lowest BCUT2D eigenvalue weighted by atomic mass is 9.96. The number of aryl methyl sites for hydroxylation is 2. The van der Waals surface area contributed by atoms with E-state index < -0.39 is 0 Å². The normalized spacial score (nSPS) is 12.9. The van der Waals surface area contributed by atoms with Crippen molar-refractivity contribution >= 4 is 33.6 Å². The van der Waals surface area contributed by atoms with Crippen LogP contribution in [0.5, 0.6) is 5.75 Å². The molecule has 2 heterocycles. The summed E-state index contributed by atoms with van der Waals surface area (Å²) in [5.41, 5.74) is 3.12. The molecule has 0 bridgehead atoms. The summed E-state index contributed by atoms with van der Waals surface area (Å²) >= 11 is 3.11. The summed E-state index contributed by atoms with van der Waals surface area (Å²) in [4.78, 5) is 18.4. The molecule has 4 rings (SSSR count). The summed E-state index contributed by atoms with van der Waals surface area (Å²) in [6.45, 7) is 2.32. The lowest BCUT2D eigenvalue weighted by Crippen LogP contribution is -2.12. The number of thiazole rings is 1. The van der Waals surface area contributed by atoms with E-state index in [0.717, 1.165) is 41.9 Å². The second kappa shape index (κ2) is 8.13. The van der Waals surface area contributed by atoms with Crippen LogP contribution in [0.2, 0.25) is 0 Å². The van der Waals surface area contributed by atoms with E-state index in [9.17, 15) is 10.1 Å². The summed E-state index contributed by atoms with van der Waals surface area (Å²) in [5.74, 6) is 0.384. The van der Waals surface area contributed by atoms with Crippen LogP contribution < -0.4 is 10.1 Å². The van der Waals surface area contributed by atoms with Crippen LogP contribution >= 0.6 is 22.7 Å². The highest BCUT2D eigenvalue weighted by Gasteiger charge is 2.22. The molecule has 1 aromatic carbocycles. The Balaban J connectivity index is 1.48. The Bertz CT molecular complexity index is 1060. The van der Waals surface area contributed by atoms with Gasteiger partial charge in [-0.1, -0.05) is 6.07 Å². The van der Waals surface area contributed by atoms with E-state index in [0.29, 0.717) is 28.5 Å². The van der Waals surface area contributed by atoms with Crippen LogP contribution in [-0.4, -0.2) is 10.9 Å². The molecule has 0 saturated heterocycles. The molecular weight excluding hydrogens is 390 g/mol. The molecule has 0 unspecified atom stereocenters. The fourth-order valence-corrected chi connectivity index (χ4v) is 5.14. The predicted octanol–water partition coefficient (Wildman–Crippen LogP) is 5.09. The number of hydrogen-bond donors (Lipinski definition) is 1. The maximum atomic E-state index is 12.7. The molecule has 0 spiro atoms. The van der Waals surface area contributed by atoms with Crippen molar-refractivity contribution in [1.29, 1.82) is 5.26 Å². The van der Waals surface area contributed by atoms with Gasteiger partial charge in [-0.25, -0.2) is 4.98 Å². The zero-order chi connectivity index (χ0) is 19.5. The molecule has 5 nitrogen and oxygen atoms in total. The number of anilines is 1. The standard InChI is InChI=1S/C21H19N3O2S2/c1-13-23-15(12-27-13)11-26-16-6-4-5-14(9-16)20(25)24-21-18(10-22)17-7-2-3-8-19(17)28-21/h4-6,9,12H,2-3,7-8,11H2,1H3,(H,24,25). The molecule has 3 aromatic rings. The molecule has 1 aliphatic rings. The molecule has 28 heavy (non-hydrogen) atoms. The van der Waals surface area contributed by atoms with Crippen molar-refractivity contribution in [3.63, 3.8) is 0 Å².